The molecule has 4 nitrogen and oxygen atoms in total. The molecule has 0 fully saturated rings. The van der Waals surface area contributed by atoms with Crippen molar-refractivity contribution in [3.8, 4) is 0 Å². The van der Waals surface area contributed by atoms with E-state index in [2.05, 4.69) is 9.97 Å². The number of hydrogen-bond donors (Lipinski definition) is 1. The van der Waals surface area contributed by atoms with E-state index >= 15 is 0 Å². The van der Waals surface area contributed by atoms with Crippen molar-refractivity contribution in [3.05, 3.63) is 18.1 Å². The van der Waals surface area contributed by atoms with E-state index in [1.165, 1.54) is 0 Å². The highest BCUT2D eigenvalue weighted by Gasteiger charge is 1.97. The molecular formula is C7H11N3O. The summed E-state index contributed by atoms with van der Waals surface area (Å²) in [5.74, 6) is 0.761. The second kappa shape index (κ2) is 3.30. The highest BCUT2D eigenvalue weighted by atomic mass is 16.3. The second-order valence-corrected chi connectivity index (χ2v) is 2.42. The van der Waals surface area contributed by atoms with E-state index < -0.39 is 0 Å². The maximum absolute atomic E-state index is 8.72. The zero-order valence-corrected chi connectivity index (χ0v) is 6.65. The Morgan fingerprint density at radius 1 is 1.45 bits per heavy atom. The van der Waals surface area contributed by atoms with Crippen LogP contribution in [0.1, 0.15) is 5.69 Å². The van der Waals surface area contributed by atoms with Crippen molar-refractivity contribution in [3.63, 3.8) is 0 Å². The predicted molar refractivity (Wildman–Crippen MR) is 42.3 cm³/mol. The smallest absolute Gasteiger partial charge is 0.146 e. The first-order valence-corrected chi connectivity index (χ1v) is 3.33. The van der Waals surface area contributed by atoms with Gasteiger partial charge in [0.05, 0.1) is 24.7 Å². The normalized spacial score (nSPS) is 9.73. The van der Waals surface area contributed by atoms with Gasteiger partial charge in [0.2, 0.25) is 0 Å². The molecule has 0 saturated carbocycles. The van der Waals surface area contributed by atoms with Crippen LogP contribution in [0.3, 0.4) is 0 Å². The maximum atomic E-state index is 8.72. The molecule has 1 aromatic rings. The second-order valence-electron chi connectivity index (χ2n) is 2.42. The van der Waals surface area contributed by atoms with Crippen LogP contribution in [-0.2, 0) is 6.61 Å². The van der Waals surface area contributed by atoms with E-state index in [0.717, 1.165) is 5.82 Å². The third-order valence-electron chi connectivity index (χ3n) is 1.29. The van der Waals surface area contributed by atoms with Crippen molar-refractivity contribution < 1.29 is 5.11 Å². The minimum atomic E-state index is -0.0608. The minimum absolute atomic E-state index is 0.0608. The van der Waals surface area contributed by atoms with Crippen LogP contribution in [0.5, 0.6) is 0 Å². The monoisotopic (exact) mass is 153 g/mol. The van der Waals surface area contributed by atoms with Gasteiger partial charge in [-0.3, -0.25) is 4.98 Å². The molecule has 0 radical (unpaired) electrons. The van der Waals surface area contributed by atoms with Crippen LogP contribution in [0.4, 0.5) is 5.82 Å². The molecule has 1 heterocycles. The van der Waals surface area contributed by atoms with Crippen molar-refractivity contribution in [1.82, 2.24) is 9.97 Å². The SMILES string of the molecule is CN(C)c1cncc(CO)n1. The molecule has 0 aliphatic rings. The Morgan fingerprint density at radius 2 is 2.18 bits per heavy atom. The fourth-order valence-corrected chi connectivity index (χ4v) is 0.686. The summed E-state index contributed by atoms with van der Waals surface area (Å²) >= 11 is 0. The molecule has 0 saturated heterocycles. The lowest BCUT2D eigenvalue weighted by Crippen LogP contribution is -2.11. The van der Waals surface area contributed by atoms with Gasteiger partial charge in [-0.2, -0.15) is 0 Å². The quantitative estimate of drug-likeness (QED) is 0.651. The van der Waals surface area contributed by atoms with Crippen molar-refractivity contribution in [2.75, 3.05) is 19.0 Å². The number of rotatable bonds is 2. The summed E-state index contributed by atoms with van der Waals surface area (Å²) in [6.45, 7) is -0.0608. The summed E-state index contributed by atoms with van der Waals surface area (Å²) in [7, 11) is 3.76. The summed E-state index contributed by atoms with van der Waals surface area (Å²) < 4.78 is 0. The molecule has 11 heavy (non-hydrogen) atoms. The minimum Gasteiger partial charge on any atom is -0.390 e. The standard InChI is InChI=1S/C7H11N3O/c1-10(2)7-4-8-3-6(5-11)9-7/h3-4,11H,5H2,1-2H3. The van der Waals surface area contributed by atoms with Crippen molar-refractivity contribution >= 4 is 5.82 Å². The first-order chi connectivity index (χ1) is 5.24. The Balaban J connectivity index is 2.91. The topological polar surface area (TPSA) is 49.2 Å². The summed E-state index contributed by atoms with van der Waals surface area (Å²) in [6, 6.07) is 0. The number of aliphatic hydroxyl groups excluding tert-OH is 1. The maximum Gasteiger partial charge on any atom is 0.146 e. The van der Waals surface area contributed by atoms with E-state index in [4.69, 9.17) is 5.11 Å². The number of aliphatic hydroxyl groups is 1. The largest absolute Gasteiger partial charge is 0.390 e. The highest BCUT2D eigenvalue weighted by molar-refractivity contribution is 5.33. The van der Waals surface area contributed by atoms with Crippen molar-refractivity contribution in [1.29, 1.82) is 0 Å². The van der Waals surface area contributed by atoms with Crippen LogP contribution >= 0.6 is 0 Å². The van der Waals surface area contributed by atoms with Gasteiger partial charge in [0.25, 0.3) is 0 Å². The molecule has 0 aliphatic carbocycles. The molecule has 0 aliphatic heterocycles. The Bertz CT molecular complexity index is 237. The van der Waals surface area contributed by atoms with Gasteiger partial charge in [0.1, 0.15) is 5.82 Å². The zero-order chi connectivity index (χ0) is 8.27. The summed E-state index contributed by atoms with van der Waals surface area (Å²) in [6.07, 6.45) is 3.20. The Kier molecular flexibility index (Phi) is 2.38. The van der Waals surface area contributed by atoms with E-state index in [9.17, 15) is 0 Å². The van der Waals surface area contributed by atoms with Gasteiger partial charge < -0.3 is 10.0 Å². The lowest BCUT2D eigenvalue weighted by molar-refractivity contribution is 0.276. The van der Waals surface area contributed by atoms with Gasteiger partial charge in [-0.15, -0.1) is 0 Å². The highest BCUT2D eigenvalue weighted by Crippen LogP contribution is 2.04. The third-order valence-corrected chi connectivity index (χ3v) is 1.29. The summed E-state index contributed by atoms with van der Waals surface area (Å²) in [5, 5.41) is 8.72. The van der Waals surface area contributed by atoms with Crippen LogP contribution in [0, 0.1) is 0 Å². The molecule has 0 bridgehead atoms. The molecule has 0 spiro atoms. The van der Waals surface area contributed by atoms with Crippen LogP contribution in [0.15, 0.2) is 12.4 Å². The first-order valence-electron chi connectivity index (χ1n) is 3.33. The van der Waals surface area contributed by atoms with Gasteiger partial charge in [0, 0.05) is 14.1 Å². The Morgan fingerprint density at radius 3 is 2.73 bits per heavy atom. The third kappa shape index (κ3) is 1.88. The van der Waals surface area contributed by atoms with Gasteiger partial charge >= 0.3 is 0 Å². The molecular weight excluding hydrogens is 142 g/mol. The summed E-state index contributed by atoms with van der Waals surface area (Å²) in [5.41, 5.74) is 0.594. The number of anilines is 1. The number of hydrogen-bond acceptors (Lipinski definition) is 4. The molecule has 4 heteroatoms. The van der Waals surface area contributed by atoms with E-state index in [1.54, 1.807) is 12.4 Å². The Labute approximate surface area is 65.5 Å². The van der Waals surface area contributed by atoms with Crippen LogP contribution in [0.25, 0.3) is 0 Å². The lowest BCUT2D eigenvalue weighted by Gasteiger charge is -2.10. The number of nitrogens with zero attached hydrogens (tertiary/aromatic N) is 3. The molecule has 0 amide bonds. The molecule has 1 N–H and O–H groups in total. The lowest BCUT2D eigenvalue weighted by atomic mass is 10.5. The van der Waals surface area contributed by atoms with E-state index in [1.807, 2.05) is 19.0 Å². The van der Waals surface area contributed by atoms with Gasteiger partial charge in [0.15, 0.2) is 0 Å². The Hall–Kier alpha value is -1.16. The van der Waals surface area contributed by atoms with Crippen LogP contribution in [0.2, 0.25) is 0 Å². The van der Waals surface area contributed by atoms with E-state index in [-0.39, 0.29) is 6.61 Å². The first kappa shape index (κ1) is 7.94. The molecule has 1 aromatic heterocycles. The summed E-state index contributed by atoms with van der Waals surface area (Å²) in [4.78, 5) is 9.86. The predicted octanol–water partition coefficient (Wildman–Crippen LogP) is 0.0349. The van der Waals surface area contributed by atoms with Crippen molar-refractivity contribution in [2.24, 2.45) is 0 Å². The van der Waals surface area contributed by atoms with Crippen molar-refractivity contribution in [2.45, 2.75) is 6.61 Å². The van der Waals surface area contributed by atoms with Crippen LogP contribution < -0.4 is 4.90 Å². The zero-order valence-electron chi connectivity index (χ0n) is 6.65. The molecule has 0 atom stereocenters. The molecule has 1 rings (SSSR count). The number of aromatic nitrogens is 2. The molecule has 60 valence electrons. The van der Waals surface area contributed by atoms with Gasteiger partial charge in [-0.05, 0) is 0 Å². The van der Waals surface area contributed by atoms with Gasteiger partial charge in [-0.1, -0.05) is 0 Å². The van der Waals surface area contributed by atoms with Gasteiger partial charge in [-0.25, -0.2) is 4.98 Å². The van der Waals surface area contributed by atoms with Crippen LogP contribution in [-0.4, -0.2) is 29.2 Å². The molecule has 0 unspecified atom stereocenters. The molecule has 0 aromatic carbocycles. The fraction of sp³-hybridized carbons (Fsp3) is 0.429. The van der Waals surface area contributed by atoms with E-state index in [0.29, 0.717) is 5.69 Å². The fourth-order valence-electron chi connectivity index (χ4n) is 0.686. The average Bonchev–Trinajstić information content (AvgIpc) is 2.05. The average molecular weight is 153 g/mol.